The van der Waals surface area contributed by atoms with Gasteiger partial charge in [-0.15, -0.1) is 0 Å². The van der Waals surface area contributed by atoms with Crippen LogP contribution in [0.1, 0.15) is 26.2 Å². The van der Waals surface area contributed by atoms with Crippen molar-refractivity contribution in [1.82, 2.24) is 5.32 Å². The van der Waals surface area contributed by atoms with E-state index in [0.717, 1.165) is 24.7 Å². The molecule has 0 aromatic heterocycles. The number of carbonyl (C=O) groups excluding carboxylic acids is 1. The average molecular weight is 213 g/mol. The van der Waals surface area contributed by atoms with Crippen LogP contribution >= 0.6 is 0 Å². The molecule has 0 saturated heterocycles. The Morgan fingerprint density at radius 1 is 1.40 bits per heavy atom. The van der Waals surface area contributed by atoms with Crippen molar-refractivity contribution in [3.63, 3.8) is 0 Å². The Labute approximate surface area is 89.7 Å². The van der Waals surface area contributed by atoms with Crippen LogP contribution in [0, 0.1) is 17.8 Å². The summed E-state index contributed by atoms with van der Waals surface area (Å²) in [6.45, 7) is 1.32. The summed E-state index contributed by atoms with van der Waals surface area (Å²) in [5.41, 5.74) is -1.20. The first-order valence-corrected chi connectivity index (χ1v) is 5.63. The maximum atomic E-state index is 11.7. The van der Waals surface area contributed by atoms with Gasteiger partial charge in [-0.05, 0) is 38.0 Å². The van der Waals surface area contributed by atoms with E-state index in [0.29, 0.717) is 0 Å². The van der Waals surface area contributed by atoms with Crippen LogP contribution in [0.25, 0.3) is 0 Å². The molecule has 0 radical (unpaired) electrons. The molecule has 0 aliphatic heterocycles. The molecule has 4 heteroatoms. The van der Waals surface area contributed by atoms with E-state index in [1.54, 1.807) is 0 Å². The average Bonchev–Trinajstić information content (AvgIpc) is 2.82. The third kappa shape index (κ3) is 2.49. The van der Waals surface area contributed by atoms with E-state index < -0.39 is 5.60 Å². The van der Waals surface area contributed by atoms with E-state index in [2.05, 4.69) is 5.32 Å². The number of hydrogen-bond donors (Lipinski definition) is 3. The monoisotopic (exact) mass is 213 g/mol. The number of nitrogens with one attached hydrogen (secondary N) is 1. The molecule has 3 atom stereocenters. The molecule has 0 spiro atoms. The third-order valence-electron chi connectivity index (χ3n) is 3.60. The third-order valence-corrected chi connectivity index (χ3v) is 3.60. The number of aliphatic hydroxyl groups is 2. The van der Waals surface area contributed by atoms with Crippen LogP contribution in [0.2, 0.25) is 0 Å². The van der Waals surface area contributed by atoms with Gasteiger partial charge in [0.05, 0.1) is 6.61 Å². The Bertz CT molecular complexity index is 255. The molecule has 1 amide bonds. The largest absolute Gasteiger partial charge is 0.393 e. The van der Waals surface area contributed by atoms with E-state index >= 15 is 0 Å². The molecule has 0 heterocycles. The molecular weight excluding hydrogens is 194 g/mol. The van der Waals surface area contributed by atoms with Crippen molar-refractivity contribution in [3.05, 3.63) is 0 Å². The van der Waals surface area contributed by atoms with Crippen LogP contribution in [-0.2, 0) is 4.79 Å². The first kappa shape index (κ1) is 10.9. The lowest BCUT2D eigenvalue weighted by Gasteiger charge is -2.22. The molecule has 0 bridgehead atoms. The number of carbonyl (C=O) groups is 1. The first-order valence-electron chi connectivity index (χ1n) is 5.63. The van der Waals surface area contributed by atoms with Crippen molar-refractivity contribution < 1.29 is 15.0 Å². The van der Waals surface area contributed by atoms with Gasteiger partial charge in [-0.2, -0.15) is 0 Å². The lowest BCUT2D eigenvalue weighted by atomic mass is 10.0. The van der Waals surface area contributed by atoms with Gasteiger partial charge in [0.2, 0.25) is 5.91 Å². The van der Waals surface area contributed by atoms with Crippen LogP contribution in [0.15, 0.2) is 0 Å². The van der Waals surface area contributed by atoms with Gasteiger partial charge in [0.15, 0.2) is 0 Å². The zero-order valence-electron chi connectivity index (χ0n) is 9.07. The molecule has 86 valence electrons. The van der Waals surface area contributed by atoms with Gasteiger partial charge in [-0.1, -0.05) is 0 Å². The molecule has 2 fully saturated rings. The Kier molecular flexibility index (Phi) is 2.73. The van der Waals surface area contributed by atoms with Gasteiger partial charge in [0.25, 0.3) is 0 Å². The first-order chi connectivity index (χ1) is 7.02. The maximum absolute atomic E-state index is 11.7. The summed E-state index contributed by atoms with van der Waals surface area (Å²) < 4.78 is 0. The SMILES string of the molecule is CC(O)(CO)CNC(=O)C1CC2CC2C1. The molecule has 2 saturated carbocycles. The van der Waals surface area contributed by atoms with Crippen molar-refractivity contribution in [1.29, 1.82) is 0 Å². The van der Waals surface area contributed by atoms with Crippen molar-refractivity contribution in [2.24, 2.45) is 17.8 Å². The molecule has 2 aliphatic carbocycles. The van der Waals surface area contributed by atoms with Crippen molar-refractivity contribution in [2.75, 3.05) is 13.2 Å². The predicted octanol–water partition coefficient (Wildman–Crippen LogP) is -0.108. The Morgan fingerprint density at radius 3 is 2.53 bits per heavy atom. The smallest absolute Gasteiger partial charge is 0.223 e. The fraction of sp³-hybridized carbons (Fsp3) is 0.909. The van der Waals surface area contributed by atoms with Crippen molar-refractivity contribution in [3.8, 4) is 0 Å². The minimum atomic E-state index is -1.20. The van der Waals surface area contributed by atoms with Gasteiger partial charge >= 0.3 is 0 Å². The van der Waals surface area contributed by atoms with Crippen LogP contribution in [0.4, 0.5) is 0 Å². The lowest BCUT2D eigenvalue weighted by Crippen LogP contribution is -2.44. The lowest BCUT2D eigenvalue weighted by molar-refractivity contribution is -0.126. The molecule has 4 nitrogen and oxygen atoms in total. The Hall–Kier alpha value is -0.610. The van der Waals surface area contributed by atoms with Crippen molar-refractivity contribution in [2.45, 2.75) is 31.8 Å². The molecule has 15 heavy (non-hydrogen) atoms. The highest BCUT2D eigenvalue weighted by atomic mass is 16.3. The predicted molar refractivity (Wildman–Crippen MR) is 55.0 cm³/mol. The zero-order chi connectivity index (χ0) is 11.1. The second-order valence-electron chi connectivity index (χ2n) is 5.30. The van der Waals surface area contributed by atoms with Gasteiger partial charge in [0.1, 0.15) is 5.60 Å². The Balaban J connectivity index is 1.73. The molecule has 2 aliphatic rings. The fourth-order valence-electron chi connectivity index (χ4n) is 2.41. The van der Waals surface area contributed by atoms with E-state index in [-0.39, 0.29) is 25.0 Å². The minimum Gasteiger partial charge on any atom is -0.393 e. The second-order valence-corrected chi connectivity index (χ2v) is 5.30. The van der Waals surface area contributed by atoms with E-state index in [4.69, 9.17) is 5.11 Å². The van der Waals surface area contributed by atoms with Crippen LogP contribution in [0.5, 0.6) is 0 Å². The Morgan fingerprint density at radius 2 is 2.00 bits per heavy atom. The quantitative estimate of drug-likeness (QED) is 0.610. The van der Waals surface area contributed by atoms with E-state index in [1.165, 1.54) is 13.3 Å². The topological polar surface area (TPSA) is 69.6 Å². The van der Waals surface area contributed by atoms with Gasteiger partial charge in [0, 0.05) is 12.5 Å². The zero-order valence-corrected chi connectivity index (χ0v) is 9.07. The summed E-state index contributed by atoms with van der Waals surface area (Å²) in [4.78, 5) is 11.7. The van der Waals surface area contributed by atoms with E-state index in [1.807, 2.05) is 0 Å². The summed E-state index contributed by atoms with van der Waals surface area (Å²) in [5.74, 6) is 1.76. The molecular formula is C11H19NO3. The highest BCUT2D eigenvalue weighted by molar-refractivity contribution is 5.79. The van der Waals surface area contributed by atoms with Crippen LogP contribution in [0.3, 0.4) is 0 Å². The fourth-order valence-corrected chi connectivity index (χ4v) is 2.41. The van der Waals surface area contributed by atoms with Crippen molar-refractivity contribution >= 4 is 5.91 Å². The minimum absolute atomic E-state index is 0.0379. The van der Waals surface area contributed by atoms with Crippen LogP contribution < -0.4 is 5.32 Å². The highest BCUT2D eigenvalue weighted by Crippen LogP contribution is 2.54. The summed E-state index contributed by atoms with van der Waals surface area (Å²) in [7, 11) is 0. The summed E-state index contributed by atoms with van der Waals surface area (Å²) in [6, 6.07) is 0. The number of aliphatic hydroxyl groups excluding tert-OH is 1. The molecule has 3 unspecified atom stereocenters. The molecule has 0 aromatic carbocycles. The van der Waals surface area contributed by atoms with Gasteiger partial charge in [-0.25, -0.2) is 0 Å². The number of fused-ring (bicyclic) bond motifs is 1. The normalized spacial score (nSPS) is 36.9. The van der Waals surface area contributed by atoms with E-state index in [9.17, 15) is 9.90 Å². The highest BCUT2D eigenvalue weighted by Gasteiger charge is 2.48. The summed E-state index contributed by atoms with van der Waals surface area (Å²) >= 11 is 0. The van der Waals surface area contributed by atoms with Crippen LogP contribution in [-0.4, -0.2) is 34.9 Å². The molecule has 2 rings (SSSR count). The number of hydrogen-bond acceptors (Lipinski definition) is 3. The summed E-state index contributed by atoms with van der Waals surface area (Å²) in [6.07, 6.45) is 3.33. The summed E-state index contributed by atoms with van der Waals surface area (Å²) in [5, 5.41) is 21.0. The number of amides is 1. The maximum Gasteiger partial charge on any atom is 0.223 e. The molecule has 0 aromatic rings. The second kappa shape index (κ2) is 3.76. The number of rotatable bonds is 4. The standard InChI is InChI=1S/C11H19NO3/c1-11(15,6-13)5-12-10(14)9-3-7-2-8(7)4-9/h7-9,13,15H,2-6H2,1H3,(H,12,14). The van der Waals surface area contributed by atoms with Gasteiger partial charge < -0.3 is 15.5 Å². The molecule has 3 N–H and O–H groups in total. The van der Waals surface area contributed by atoms with Gasteiger partial charge in [-0.3, -0.25) is 4.79 Å².